The third-order valence-corrected chi connectivity index (χ3v) is 3.32. The second-order valence-electron chi connectivity index (χ2n) is 4.66. The first kappa shape index (κ1) is 14.0. The van der Waals surface area contributed by atoms with Crippen LogP contribution >= 0.6 is 12.2 Å². The number of carbonyl (C=O) groups excluding carboxylic acids is 1. The molecule has 1 amide bonds. The summed E-state index contributed by atoms with van der Waals surface area (Å²) in [5.74, 6) is -0.0370. The average molecular weight is 278 g/mol. The summed E-state index contributed by atoms with van der Waals surface area (Å²) < 4.78 is 5.33. The molecule has 1 aromatic carbocycles. The van der Waals surface area contributed by atoms with E-state index in [4.69, 9.17) is 22.7 Å². The van der Waals surface area contributed by atoms with Gasteiger partial charge in [-0.1, -0.05) is 18.3 Å². The zero-order valence-corrected chi connectivity index (χ0v) is 11.6. The Morgan fingerprint density at radius 1 is 1.32 bits per heavy atom. The van der Waals surface area contributed by atoms with E-state index >= 15 is 0 Å². The molecule has 1 aliphatic heterocycles. The van der Waals surface area contributed by atoms with Crippen LogP contribution < -0.4 is 11.1 Å². The molecule has 3 N–H and O–H groups in total. The lowest BCUT2D eigenvalue weighted by molar-refractivity contribution is 0.0953. The van der Waals surface area contributed by atoms with Gasteiger partial charge in [0.15, 0.2) is 0 Å². The maximum Gasteiger partial charge on any atom is 0.251 e. The highest BCUT2D eigenvalue weighted by Gasteiger charge is 2.13. The van der Waals surface area contributed by atoms with Gasteiger partial charge in [-0.2, -0.15) is 0 Å². The first-order chi connectivity index (χ1) is 9.16. The van der Waals surface area contributed by atoms with E-state index in [0.717, 1.165) is 24.8 Å². The molecule has 2 rings (SSSR count). The van der Waals surface area contributed by atoms with Crippen molar-refractivity contribution >= 4 is 23.1 Å². The summed E-state index contributed by atoms with van der Waals surface area (Å²) in [6.07, 6.45) is 2.53. The van der Waals surface area contributed by atoms with Crippen molar-refractivity contribution in [2.45, 2.75) is 32.5 Å². The number of ether oxygens (including phenoxy) is 1. The molecule has 0 spiro atoms. The average Bonchev–Trinajstić information content (AvgIpc) is 2.84. The third kappa shape index (κ3) is 4.01. The summed E-state index contributed by atoms with van der Waals surface area (Å²) in [6.45, 7) is 1.90. The minimum absolute atomic E-state index is 0.0370. The van der Waals surface area contributed by atoms with Crippen molar-refractivity contribution in [2.75, 3.05) is 6.54 Å². The van der Waals surface area contributed by atoms with E-state index in [1.807, 2.05) is 18.2 Å². The van der Waals surface area contributed by atoms with Gasteiger partial charge in [-0.3, -0.25) is 4.79 Å². The van der Waals surface area contributed by atoms with E-state index in [-0.39, 0.29) is 5.91 Å². The van der Waals surface area contributed by atoms with Crippen LogP contribution in [0.2, 0.25) is 0 Å². The highest BCUT2D eigenvalue weighted by Crippen LogP contribution is 2.20. The van der Waals surface area contributed by atoms with Crippen molar-refractivity contribution in [3.8, 4) is 0 Å². The van der Waals surface area contributed by atoms with Gasteiger partial charge in [0.05, 0.1) is 18.2 Å². The zero-order valence-electron chi connectivity index (χ0n) is 10.8. The first-order valence-electron chi connectivity index (χ1n) is 6.43. The van der Waals surface area contributed by atoms with Crippen molar-refractivity contribution in [1.29, 1.82) is 0 Å². The minimum atomic E-state index is -0.0370. The van der Waals surface area contributed by atoms with Crippen LogP contribution in [0.1, 0.15) is 40.7 Å². The van der Waals surface area contributed by atoms with Crippen molar-refractivity contribution < 1.29 is 9.53 Å². The Hall–Kier alpha value is -1.46. The third-order valence-electron chi connectivity index (χ3n) is 3.12. The summed E-state index contributed by atoms with van der Waals surface area (Å²) in [4.78, 5) is 12.5. The number of thiocarbonyl (C=S) groups is 1. The fourth-order valence-corrected chi connectivity index (χ4v) is 2.19. The second-order valence-corrected chi connectivity index (χ2v) is 5.18. The summed E-state index contributed by atoms with van der Waals surface area (Å²) in [7, 11) is 0. The smallest absolute Gasteiger partial charge is 0.251 e. The number of hydrogen-bond donors (Lipinski definition) is 2. The fourth-order valence-electron chi connectivity index (χ4n) is 2.04. The van der Waals surface area contributed by atoms with E-state index < -0.39 is 0 Å². The number of amides is 1. The van der Waals surface area contributed by atoms with E-state index in [9.17, 15) is 4.79 Å². The van der Waals surface area contributed by atoms with Crippen LogP contribution in [-0.4, -0.2) is 17.4 Å². The number of rotatable bonds is 6. The molecule has 0 fully saturated rings. The SMILES string of the molecule is NC(=S)CCCCNC(=O)c1ccc2c(c1)COC2. The molecule has 4 nitrogen and oxygen atoms in total. The number of fused-ring (bicyclic) bond motifs is 1. The maximum absolute atomic E-state index is 11.9. The number of benzene rings is 1. The molecule has 0 radical (unpaired) electrons. The lowest BCUT2D eigenvalue weighted by Gasteiger charge is -2.06. The predicted molar refractivity (Wildman–Crippen MR) is 77.9 cm³/mol. The number of nitrogens with one attached hydrogen (secondary N) is 1. The van der Waals surface area contributed by atoms with E-state index in [0.29, 0.717) is 30.3 Å². The summed E-state index contributed by atoms with van der Waals surface area (Å²) >= 11 is 4.80. The summed E-state index contributed by atoms with van der Waals surface area (Å²) in [5.41, 5.74) is 8.39. The molecule has 1 aliphatic rings. The molecule has 1 aromatic rings. The van der Waals surface area contributed by atoms with E-state index in [2.05, 4.69) is 5.32 Å². The van der Waals surface area contributed by atoms with Crippen molar-refractivity contribution in [1.82, 2.24) is 5.32 Å². The van der Waals surface area contributed by atoms with Crippen molar-refractivity contribution in [2.24, 2.45) is 5.73 Å². The van der Waals surface area contributed by atoms with Crippen molar-refractivity contribution in [3.63, 3.8) is 0 Å². The summed E-state index contributed by atoms with van der Waals surface area (Å²) in [6, 6.07) is 5.72. The molecule has 19 heavy (non-hydrogen) atoms. The largest absolute Gasteiger partial charge is 0.393 e. The van der Waals surface area contributed by atoms with Crippen LogP contribution in [0.3, 0.4) is 0 Å². The van der Waals surface area contributed by atoms with Gasteiger partial charge in [-0.05, 0) is 42.5 Å². The van der Waals surface area contributed by atoms with Crippen LogP contribution in [-0.2, 0) is 18.0 Å². The molecule has 5 heteroatoms. The maximum atomic E-state index is 11.9. The summed E-state index contributed by atoms with van der Waals surface area (Å²) in [5, 5.41) is 2.90. The monoisotopic (exact) mass is 278 g/mol. The molecule has 0 aliphatic carbocycles. The molecule has 0 saturated carbocycles. The van der Waals surface area contributed by atoms with E-state index in [1.54, 1.807) is 0 Å². The molecular weight excluding hydrogens is 260 g/mol. The Morgan fingerprint density at radius 2 is 2.11 bits per heavy atom. The van der Waals surface area contributed by atoms with Crippen LogP contribution in [0.25, 0.3) is 0 Å². The van der Waals surface area contributed by atoms with E-state index in [1.165, 1.54) is 5.56 Å². The lowest BCUT2D eigenvalue weighted by atomic mass is 10.1. The predicted octanol–water partition coefficient (Wildman–Crippen LogP) is 1.90. The standard InChI is InChI=1S/C14H18N2O2S/c15-13(19)3-1-2-6-16-14(17)10-4-5-11-8-18-9-12(11)7-10/h4-5,7H,1-3,6,8-9H2,(H2,15,19)(H,16,17). The molecule has 0 saturated heterocycles. The Kier molecular flexibility index (Phi) is 4.87. The second kappa shape index (κ2) is 6.63. The Labute approximate surface area is 118 Å². The quantitative estimate of drug-likeness (QED) is 0.616. The van der Waals surface area contributed by atoms with Gasteiger partial charge < -0.3 is 15.8 Å². The normalized spacial score (nSPS) is 13.1. The highest BCUT2D eigenvalue weighted by atomic mass is 32.1. The van der Waals surface area contributed by atoms with Crippen LogP contribution in [0, 0.1) is 0 Å². The Bertz CT molecular complexity index is 488. The van der Waals surface area contributed by atoms with Gasteiger partial charge in [0.1, 0.15) is 0 Å². The molecule has 1 heterocycles. The lowest BCUT2D eigenvalue weighted by Crippen LogP contribution is -2.24. The van der Waals surface area contributed by atoms with Gasteiger partial charge in [0.2, 0.25) is 0 Å². The van der Waals surface area contributed by atoms with Gasteiger partial charge in [-0.15, -0.1) is 0 Å². The van der Waals surface area contributed by atoms with Crippen LogP contribution in [0.4, 0.5) is 0 Å². The van der Waals surface area contributed by atoms with Crippen LogP contribution in [0.15, 0.2) is 18.2 Å². The van der Waals surface area contributed by atoms with Gasteiger partial charge in [0.25, 0.3) is 5.91 Å². The molecule has 0 bridgehead atoms. The Balaban J connectivity index is 1.78. The number of carbonyl (C=O) groups is 1. The van der Waals surface area contributed by atoms with Gasteiger partial charge in [-0.25, -0.2) is 0 Å². The van der Waals surface area contributed by atoms with Gasteiger partial charge in [0, 0.05) is 12.1 Å². The molecular formula is C14H18N2O2S. The molecule has 102 valence electrons. The van der Waals surface area contributed by atoms with Gasteiger partial charge >= 0.3 is 0 Å². The zero-order chi connectivity index (χ0) is 13.7. The Morgan fingerprint density at radius 3 is 2.89 bits per heavy atom. The molecule has 0 aromatic heterocycles. The van der Waals surface area contributed by atoms with Crippen LogP contribution in [0.5, 0.6) is 0 Å². The number of nitrogens with two attached hydrogens (primary N) is 1. The highest BCUT2D eigenvalue weighted by molar-refractivity contribution is 7.80. The minimum Gasteiger partial charge on any atom is -0.393 e. The number of hydrogen-bond acceptors (Lipinski definition) is 3. The molecule has 0 unspecified atom stereocenters. The van der Waals surface area contributed by atoms with Crippen molar-refractivity contribution in [3.05, 3.63) is 34.9 Å². The first-order valence-corrected chi connectivity index (χ1v) is 6.83. The number of unbranched alkanes of at least 4 members (excludes halogenated alkanes) is 1. The fraction of sp³-hybridized carbons (Fsp3) is 0.429. The molecule has 0 atom stereocenters. The topological polar surface area (TPSA) is 64.3 Å².